The monoisotopic (exact) mass is 279 g/mol. The number of rotatable bonds is 6. The van der Waals surface area contributed by atoms with Crippen LogP contribution in [0.1, 0.15) is 29.7 Å². The molecule has 2 aromatic rings. The molecule has 0 radical (unpaired) electrons. The van der Waals surface area contributed by atoms with Gasteiger partial charge in [-0.2, -0.15) is 5.26 Å². The SMILES string of the molecule is CC(c1cccc(C#N)c1)N(CCN)Cc1ccccc1. The van der Waals surface area contributed by atoms with Crippen LogP contribution in [-0.2, 0) is 6.54 Å². The number of nitrogens with two attached hydrogens (primary N) is 1. The molecule has 0 amide bonds. The van der Waals surface area contributed by atoms with Crippen molar-refractivity contribution in [3.63, 3.8) is 0 Å². The van der Waals surface area contributed by atoms with Gasteiger partial charge in [0.15, 0.2) is 0 Å². The normalized spacial score (nSPS) is 12.1. The van der Waals surface area contributed by atoms with E-state index in [9.17, 15) is 0 Å². The average Bonchev–Trinajstić information content (AvgIpc) is 2.55. The third-order valence-electron chi connectivity index (χ3n) is 3.69. The molecule has 0 spiro atoms. The van der Waals surface area contributed by atoms with Crippen molar-refractivity contribution in [3.05, 3.63) is 71.3 Å². The summed E-state index contributed by atoms with van der Waals surface area (Å²) in [6.45, 7) is 4.47. The number of nitriles is 1. The second-order valence-corrected chi connectivity index (χ2v) is 5.16. The highest BCUT2D eigenvalue weighted by atomic mass is 15.2. The van der Waals surface area contributed by atoms with Gasteiger partial charge in [-0.25, -0.2) is 0 Å². The smallest absolute Gasteiger partial charge is 0.0991 e. The Kier molecular flexibility index (Phi) is 5.51. The van der Waals surface area contributed by atoms with Gasteiger partial charge in [-0.1, -0.05) is 42.5 Å². The Morgan fingerprint density at radius 1 is 1.14 bits per heavy atom. The average molecular weight is 279 g/mol. The van der Waals surface area contributed by atoms with E-state index in [1.807, 2.05) is 24.3 Å². The van der Waals surface area contributed by atoms with Crippen molar-refractivity contribution in [2.45, 2.75) is 19.5 Å². The summed E-state index contributed by atoms with van der Waals surface area (Å²) < 4.78 is 0. The summed E-state index contributed by atoms with van der Waals surface area (Å²) in [5.41, 5.74) is 8.89. The van der Waals surface area contributed by atoms with E-state index >= 15 is 0 Å². The zero-order chi connectivity index (χ0) is 15.1. The molecule has 0 heterocycles. The summed E-state index contributed by atoms with van der Waals surface area (Å²) >= 11 is 0. The molecule has 0 saturated heterocycles. The van der Waals surface area contributed by atoms with Gasteiger partial charge in [-0.3, -0.25) is 4.90 Å². The van der Waals surface area contributed by atoms with Gasteiger partial charge in [0.2, 0.25) is 0 Å². The fraction of sp³-hybridized carbons (Fsp3) is 0.278. The van der Waals surface area contributed by atoms with Crippen LogP contribution in [0.25, 0.3) is 0 Å². The van der Waals surface area contributed by atoms with Crippen LogP contribution in [0.15, 0.2) is 54.6 Å². The summed E-state index contributed by atoms with van der Waals surface area (Å²) in [4.78, 5) is 2.34. The summed E-state index contributed by atoms with van der Waals surface area (Å²) in [7, 11) is 0. The van der Waals surface area contributed by atoms with Gasteiger partial charge in [-0.05, 0) is 30.2 Å². The van der Waals surface area contributed by atoms with Crippen molar-refractivity contribution < 1.29 is 0 Å². The van der Waals surface area contributed by atoms with Gasteiger partial charge < -0.3 is 5.73 Å². The van der Waals surface area contributed by atoms with Crippen LogP contribution in [0.2, 0.25) is 0 Å². The second-order valence-electron chi connectivity index (χ2n) is 5.16. The molecule has 21 heavy (non-hydrogen) atoms. The number of nitrogens with zero attached hydrogens (tertiary/aromatic N) is 2. The molecule has 3 heteroatoms. The van der Waals surface area contributed by atoms with Crippen LogP contribution in [0.3, 0.4) is 0 Å². The van der Waals surface area contributed by atoms with E-state index in [2.05, 4.69) is 48.2 Å². The van der Waals surface area contributed by atoms with Crippen LogP contribution < -0.4 is 5.73 Å². The highest BCUT2D eigenvalue weighted by molar-refractivity contribution is 5.34. The highest BCUT2D eigenvalue weighted by Crippen LogP contribution is 2.22. The molecule has 0 aliphatic heterocycles. The predicted molar refractivity (Wildman–Crippen MR) is 85.5 cm³/mol. The van der Waals surface area contributed by atoms with Crippen molar-refractivity contribution in [1.29, 1.82) is 5.26 Å². The maximum Gasteiger partial charge on any atom is 0.0991 e. The fourth-order valence-corrected chi connectivity index (χ4v) is 2.47. The van der Waals surface area contributed by atoms with Crippen molar-refractivity contribution in [2.75, 3.05) is 13.1 Å². The maximum absolute atomic E-state index is 9.04. The number of benzene rings is 2. The molecule has 0 bridgehead atoms. The van der Waals surface area contributed by atoms with E-state index in [4.69, 9.17) is 11.0 Å². The minimum Gasteiger partial charge on any atom is -0.329 e. The first kappa shape index (κ1) is 15.2. The summed E-state index contributed by atoms with van der Waals surface area (Å²) in [5.74, 6) is 0. The molecule has 2 N–H and O–H groups in total. The lowest BCUT2D eigenvalue weighted by Gasteiger charge is -2.29. The van der Waals surface area contributed by atoms with E-state index < -0.39 is 0 Å². The minimum absolute atomic E-state index is 0.224. The van der Waals surface area contributed by atoms with Crippen molar-refractivity contribution in [2.24, 2.45) is 5.73 Å². The summed E-state index contributed by atoms with van der Waals surface area (Å²) in [6, 6.07) is 20.6. The zero-order valence-corrected chi connectivity index (χ0v) is 12.4. The standard InChI is InChI=1S/C18H21N3/c1-15(18-9-5-8-17(12-18)13-20)21(11-10-19)14-16-6-3-2-4-7-16/h2-9,12,15H,10-11,14,19H2,1H3. The molecule has 0 saturated carbocycles. The lowest BCUT2D eigenvalue weighted by molar-refractivity contribution is 0.207. The van der Waals surface area contributed by atoms with Crippen LogP contribution in [0.4, 0.5) is 0 Å². The van der Waals surface area contributed by atoms with Gasteiger partial charge in [0.25, 0.3) is 0 Å². The molecule has 0 fully saturated rings. The molecular formula is C18H21N3. The highest BCUT2D eigenvalue weighted by Gasteiger charge is 2.15. The molecule has 108 valence electrons. The Hall–Kier alpha value is -2.15. The van der Waals surface area contributed by atoms with Crippen molar-refractivity contribution in [1.82, 2.24) is 4.90 Å². The van der Waals surface area contributed by atoms with E-state index in [1.165, 1.54) is 5.56 Å². The van der Waals surface area contributed by atoms with Crippen molar-refractivity contribution >= 4 is 0 Å². The minimum atomic E-state index is 0.224. The van der Waals surface area contributed by atoms with Crippen LogP contribution in [0, 0.1) is 11.3 Å². The summed E-state index contributed by atoms with van der Waals surface area (Å²) in [5, 5.41) is 9.04. The summed E-state index contributed by atoms with van der Waals surface area (Å²) in [6.07, 6.45) is 0. The first-order valence-electron chi connectivity index (χ1n) is 7.22. The third kappa shape index (κ3) is 4.16. The second kappa shape index (κ2) is 7.58. The molecule has 1 atom stereocenters. The Labute approximate surface area is 126 Å². The largest absolute Gasteiger partial charge is 0.329 e. The zero-order valence-electron chi connectivity index (χ0n) is 12.4. The number of hydrogen-bond donors (Lipinski definition) is 1. The van der Waals surface area contributed by atoms with Crippen molar-refractivity contribution in [3.8, 4) is 6.07 Å². The van der Waals surface area contributed by atoms with Gasteiger partial charge in [0.05, 0.1) is 11.6 Å². The predicted octanol–water partition coefficient (Wildman–Crippen LogP) is 3.08. The molecule has 0 aliphatic carbocycles. The lowest BCUT2D eigenvalue weighted by atomic mass is 10.0. The molecule has 2 aromatic carbocycles. The van der Waals surface area contributed by atoms with Crippen LogP contribution >= 0.6 is 0 Å². The Morgan fingerprint density at radius 2 is 1.90 bits per heavy atom. The molecule has 2 rings (SSSR count). The lowest BCUT2D eigenvalue weighted by Crippen LogP contribution is -2.31. The Balaban J connectivity index is 2.18. The quantitative estimate of drug-likeness (QED) is 0.884. The maximum atomic E-state index is 9.04. The van der Waals surface area contributed by atoms with E-state index in [0.717, 1.165) is 18.7 Å². The molecular weight excluding hydrogens is 258 g/mol. The molecule has 3 nitrogen and oxygen atoms in total. The molecule has 0 aliphatic rings. The first-order valence-corrected chi connectivity index (χ1v) is 7.22. The first-order chi connectivity index (χ1) is 10.2. The van der Waals surface area contributed by atoms with E-state index in [1.54, 1.807) is 0 Å². The van der Waals surface area contributed by atoms with Gasteiger partial charge in [-0.15, -0.1) is 0 Å². The van der Waals surface area contributed by atoms with Gasteiger partial charge >= 0.3 is 0 Å². The molecule has 1 unspecified atom stereocenters. The molecule has 0 aromatic heterocycles. The Bertz CT molecular complexity index is 601. The topological polar surface area (TPSA) is 53.0 Å². The fourth-order valence-electron chi connectivity index (χ4n) is 2.47. The van der Waals surface area contributed by atoms with Gasteiger partial charge in [0.1, 0.15) is 0 Å². The number of hydrogen-bond acceptors (Lipinski definition) is 3. The van der Waals surface area contributed by atoms with E-state index in [-0.39, 0.29) is 6.04 Å². The van der Waals surface area contributed by atoms with E-state index in [0.29, 0.717) is 12.1 Å². The van der Waals surface area contributed by atoms with Crippen LogP contribution in [-0.4, -0.2) is 18.0 Å². The van der Waals surface area contributed by atoms with Gasteiger partial charge in [0, 0.05) is 25.7 Å². The van der Waals surface area contributed by atoms with Crippen LogP contribution in [0.5, 0.6) is 0 Å². The third-order valence-corrected chi connectivity index (χ3v) is 3.69. The Morgan fingerprint density at radius 3 is 2.57 bits per heavy atom.